The molecule has 0 bridgehead atoms. The third-order valence-corrected chi connectivity index (χ3v) is 8.95. The zero-order chi connectivity index (χ0) is 23.2. The maximum atomic E-state index is 12.4. The summed E-state index contributed by atoms with van der Waals surface area (Å²) >= 11 is 0. The molecule has 0 amide bonds. The van der Waals surface area contributed by atoms with Crippen molar-refractivity contribution in [2.75, 3.05) is 25.2 Å². The van der Waals surface area contributed by atoms with E-state index in [9.17, 15) is 4.21 Å². The van der Waals surface area contributed by atoms with Gasteiger partial charge in [-0.3, -0.25) is 4.21 Å². The Bertz CT molecular complexity index is 1290. The molecule has 3 aromatic rings. The Morgan fingerprint density at radius 3 is 2.64 bits per heavy atom. The summed E-state index contributed by atoms with van der Waals surface area (Å²) in [5.74, 6) is 5.83. The van der Waals surface area contributed by atoms with Gasteiger partial charge in [-0.1, -0.05) is 12.1 Å². The fraction of sp³-hybridized carbons (Fsp3) is 0.462. The van der Waals surface area contributed by atoms with Crippen LogP contribution in [0.15, 0.2) is 30.5 Å². The number of benzene rings is 1. The summed E-state index contributed by atoms with van der Waals surface area (Å²) < 4.78 is 12.4. The van der Waals surface area contributed by atoms with Crippen molar-refractivity contribution >= 4 is 32.4 Å². The third kappa shape index (κ3) is 4.75. The first-order chi connectivity index (χ1) is 15.8. The average Bonchev–Trinajstić information content (AvgIpc) is 2.79. The van der Waals surface area contributed by atoms with Crippen LogP contribution >= 0.6 is 0 Å². The van der Waals surface area contributed by atoms with Crippen LogP contribution in [0.1, 0.15) is 42.4 Å². The van der Waals surface area contributed by atoms with Crippen LogP contribution in [0, 0.1) is 6.92 Å². The van der Waals surface area contributed by atoms with E-state index in [1.165, 1.54) is 18.4 Å². The Morgan fingerprint density at radius 2 is 1.88 bits per heavy atom. The van der Waals surface area contributed by atoms with E-state index in [4.69, 9.17) is 9.97 Å². The SMILES string of the molecule is C=S1(=O)CCc2cc(-c3cc(C)c4nc(NC5CCC(N(C)C)CC5)ncc4n3)ccc2C1. The van der Waals surface area contributed by atoms with Crippen molar-refractivity contribution in [3.8, 4) is 11.3 Å². The molecular formula is C26H33N5OS. The number of anilines is 1. The molecule has 1 saturated carbocycles. The fourth-order valence-corrected chi connectivity index (χ4v) is 6.71. The molecule has 7 heteroatoms. The van der Waals surface area contributed by atoms with Crippen molar-refractivity contribution < 1.29 is 4.21 Å². The number of aryl methyl sites for hydroxylation is 2. The number of pyridine rings is 1. The van der Waals surface area contributed by atoms with Gasteiger partial charge in [0, 0.05) is 29.2 Å². The zero-order valence-corrected chi connectivity index (χ0v) is 20.6. The third-order valence-electron chi connectivity index (χ3n) is 7.16. The van der Waals surface area contributed by atoms with Crippen LogP contribution in [0.4, 0.5) is 5.95 Å². The number of rotatable bonds is 4. The van der Waals surface area contributed by atoms with E-state index >= 15 is 0 Å². The van der Waals surface area contributed by atoms with Crippen LogP contribution in [-0.4, -0.2) is 61.9 Å². The minimum absolute atomic E-state index is 0.426. The summed E-state index contributed by atoms with van der Waals surface area (Å²) in [6.07, 6.45) is 7.34. The highest BCUT2D eigenvalue weighted by Crippen LogP contribution is 2.29. The van der Waals surface area contributed by atoms with E-state index in [0.717, 1.165) is 52.7 Å². The van der Waals surface area contributed by atoms with E-state index in [1.54, 1.807) is 0 Å². The summed E-state index contributed by atoms with van der Waals surface area (Å²) in [5.41, 5.74) is 7.22. The van der Waals surface area contributed by atoms with E-state index < -0.39 is 9.52 Å². The summed E-state index contributed by atoms with van der Waals surface area (Å²) in [4.78, 5) is 16.6. The Labute approximate surface area is 196 Å². The Hall–Kier alpha value is -2.51. The lowest BCUT2D eigenvalue weighted by Gasteiger charge is -2.32. The van der Waals surface area contributed by atoms with Crippen LogP contribution in [0.2, 0.25) is 0 Å². The topological polar surface area (TPSA) is 71.0 Å². The molecule has 1 aliphatic heterocycles. The highest BCUT2D eigenvalue weighted by molar-refractivity contribution is 7.99. The van der Waals surface area contributed by atoms with Crippen LogP contribution in [0.3, 0.4) is 0 Å². The molecule has 1 fully saturated rings. The van der Waals surface area contributed by atoms with Gasteiger partial charge in [0.15, 0.2) is 0 Å². The smallest absolute Gasteiger partial charge is 0.223 e. The standard InChI is InChI=1S/C26H33N5OS/c1-17-13-23(19-5-6-20-16-33(4,32)12-11-18(20)14-19)29-24-15-27-26(30-25(17)24)28-21-7-9-22(10-8-21)31(2)3/h5-6,13-15,21-22H,4,7-12,16H2,1-3H3,(H,27,28,30). The number of nitrogens with one attached hydrogen (secondary N) is 1. The Kier molecular flexibility index (Phi) is 5.87. The second kappa shape index (κ2) is 8.69. The number of fused-ring (bicyclic) bond motifs is 2. The highest BCUT2D eigenvalue weighted by Gasteiger charge is 2.23. The maximum Gasteiger partial charge on any atom is 0.223 e. The van der Waals surface area contributed by atoms with Gasteiger partial charge in [-0.05, 0) is 97.3 Å². The lowest BCUT2D eigenvalue weighted by Crippen LogP contribution is -2.36. The molecule has 3 heterocycles. The summed E-state index contributed by atoms with van der Waals surface area (Å²) in [7, 11) is 2.36. The summed E-state index contributed by atoms with van der Waals surface area (Å²) in [6, 6.07) is 9.57. The summed E-state index contributed by atoms with van der Waals surface area (Å²) in [5, 5.41) is 3.55. The van der Waals surface area contributed by atoms with E-state index in [1.807, 2.05) is 6.20 Å². The molecule has 1 atom stereocenters. The monoisotopic (exact) mass is 463 g/mol. The van der Waals surface area contributed by atoms with Gasteiger partial charge in [-0.25, -0.2) is 15.0 Å². The van der Waals surface area contributed by atoms with Crippen LogP contribution < -0.4 is 5.32 Å². The molecule has 33 heavy (non-hydrogen) atoms. The van der Waals surface area contributed by atoms with Crippen molar-refractivity contribution in [3.63, 3.8) is 0 Å². The molecule has 2 aliphatic rings. The predicted octanol–water partition coefficient (Wildman–Crippen LogP) is 4.06. The quantitative estimate of drug-likeness (QED) is 0.589. The normalized spacial score (nSPS) is 25.2. The molecule has 0 saturated heterocycles. The summed E-state index contributed by atoms with van der Waals surface area (Å²) in [6.45, 7) is 2.09. The maximum absolute atomic E-state index is 12.4. The van der Waals surface area contributed by atoms with Gasteiger partial charge in [0.2, 0.25) is 5.95 Å². The molecule has 5 rings (SSSR count). The number of aromatic nitrogens is 3. The lowest BCUT2D eigenvalue weighted by atomic mass is 9.91. The Morgan fingerprint density at radius 1 is 1.09 bits per heavy atom. The first kappa shape index (κ1) is 22.3. The van der Waals surface area contributed by atoms with Crippen LogP contribution in [0.25, 0.3) is 22.3 Å². The van der Waals surface area contributed by atoms with E-state index in [0.29, 0.717) is 29.5 Å². The molecule has 1 aliphatic carbocycles. The molecule has 1 unspecified atom stereocenters. The largest absolute Gasteiger partial charge is 0.351 e. The van der Waals surface area contributed by atoms with Gasteiger partial charge >= 0.3 is 0 Å². The van der Waals surface area contributed by atoms with Crippen molar-refractivity contribution in [1.82, 2.24) is 19.9 Å². The minimum Gasteiger partial charge on any atom is -0.351 e. The molecule has 6 nitrogen and oxygen atoms in total. The molecule has 1 N–H and O–H groups in total. The van der Waals surface area contributed by atoms with Crippen LogP contribution in [0.5, 0.6) is 0 Å². The molecule has 174 valence electrons. The van der Waals surface area contributed by atoms with E-state index in [2.05, 4.69) is 66.4 Å². The molecular weight excluding hydrogens is 430 g/mol. The zero-order valence-electron chi connectivity index (χ0n) is 19.8. The van der Waals surface area contributed by atoms with Gasteiger partial charge in [0.25, 0.3) is 0 Å². The van der Waals surface area contributed by atoms with E-state index in [-0.39, 0.29) is 0 Å². The van der Waals surface area contributed by atoms with Crippen molar-refractivity contribution in [2.24, 2.45) is 0 Å². The van der Waals surface area contributed by atoms with Crippen molar-refractivity contribution in [1.29, 1.82) is 0 Å². The fourth-order valence-electron chi connectivity index (χ4n) is 5.13. The second-order valence-electron chi connectivity index (χ2n) is 9.91. The number of nitrogens with zero attached hydrogens (tertiary/aromatic N) is 4. The molecule has 2 aromatic heterocycles. The predicted molar refractivity (Wildman–Crippen MR) is 138 cm³/mol. The van der Waals surface area contributed by atoms with Gasteiger partial charge in [-0.15, -0.1) is 0 Å². The van der Waals surface area contributed by atoms with Crippen molar-refractivity contribution in [2.45, 2.75) is 56.9 Å². The first-order valence-electron chi connectivity index (χ1n) is 11.8. The Balaban J connectivity index is 1.37. The van der Waals surface area contributed by atoms with Crippen molar-refractivity contribution in [3.05, 3.63) is 47.2 Å². The minimum atomic E-state index is -1.97. The molecule has 0 spiro atoms. The first-order valence-corrected chi connectivity index (χ1v) is 13.9. The lowest BCUT2D eigenvalue weighted by molar-refractivity contribution is 0.221. The van der Waals surface area contributed by atoms with Crippen LogP contribution in [-0.2, 0) is 21.7 Å². The molecule has 1 aromatic carbocycles. The number of hydrogen-bond acceptors (Lipinski definition) is 6. The second-order valence-corrected chi connectivity index (χ2v) is 12.5. The highest BCUT2D eigenvalue weighted by atomic mass is 32.2. The molecule has 0 radical (unpaired) electrons. The van der Waals surface area contributed by atoms with Gasteiger partial charge < -0.3 is 10.2 Å². The van der Waals surface area contributed by atoms with Gasteiger partial charge in [-0.2, -0.15) is 0 Å². The average molecular weight is 464 g/mol. The van der Waals surface area contributed by atoms with Gasteiger partial charge in [0.1, 0.15) is 5.52 Å². The van der Waals surface area contributed by atoms with Gasteiger partial charge in [0.05, 0.1) is 17.4 Å². The number of hydrogen-bond donors (Lipinski definition) is 1.